The quantitative estimate of drug-likeness (QED) is 0.883. The van der Waals surface area contributed by atoms with Crippen LogP contribution < -0.4 is 0 Å². The maximum Gasteiger partial charge on any atom is 0.335 e. The van der Waals surface area contributed by atoms with E-state index in [4.69, 9.17) is 5.11 Å². The van der Waals surface area contributed by atoms with Crippen molar-refractivity contribution in [2.75, 3.05) is 7.05 Å². The zero-order chi connectivity index (χ0) is 15.2. The van der Waals surface area contributed by atoms with Crippen LogP contribution in [0.1, 0.15) is 40.9 Å². The molecule has 1 aromatic carbocycles. The van der Waals surface area contributed by atoms with Gasteiger partial charge < -0.3 is 5.11 Å². The monoisotopic (exact) mass is 284 g/mol. The number of carboxylic acids is 1. The molecular formula is C17H20N2O2. The van der Waals surface area contributed by atoms with Crippen LogP contribution in [-0.4, -0.2) is 28.0 Å². The normalized spacial score (nSPS) is 12.3. The van der Waals surface area contributed by atoms with Gasteiger partial charge in [0.15, 0.2) is 0 Å². The van der Waals surface area contributed by atoms with E-state index >= 15 is 0 Å². The zero-order valence-corrected chi connectivity index (χ0v) is 12.4. The van der Waals surface area contributed by atoms with Crippen molar-refractivity contribution < 1.29 is 9.90 Å². The number of carbonyl (C=O) groups is 1. The van der Waals surface area contributed by atoms with Gasteiger partial charge in [-0.3, -0.25) is 9.88 Å². The summed E-state index contributed by atoms with van der Waals surface area (Å²) in [5.74, 6) is -0.888. The zero-order valence-electron chi connectivity index (χ0n) is 12.4. The Balaban J connectivity index is 2.14. The fourth-order valence-corrected chi connectivity index (χ4v) is 2.59. The van der Waals surface area contributed by atoms with Gasteiger partial charge in [0.25, 0.3) is 0 Å². The molecule has 0 bridgehead atoms. The molecule has 110 valence electrons. The maximum absolute atomic E-state index is 11.0. The maximum atomic E-state index is 11.0. The molecule has 1 atom stereocenters. The number of hydrogen-bond acceptors (Lipinski definition) is 3. The smallest absolute Gasteiger partial charge is 0.335 e. The summed E-state index contributed by atoms with van der Waals surface area (Å²) < 4.78 is 0. The molecule has 4 heteroatoms. The summed E-state index contributed by atoms with van der Waals surface area (Å²) in [5.41, 5.74) is 2.56. The fourth-order valence-electron chi connectivity index (χ4n) is 2.59. The number of carboxylic acid groups (broad SMARTS) is 1. The number of nitrogens with zero attached hydrogens (tertiary/aromatic N) is 2. The van der Waals surface area contributed by atoms with Gasteiger partial charge in [-0.15, -0.1) is 0 Å². The second kappa shape index (κ2) is 6.99. The Hall–Kier alpha value is -2.20. The summed E-state index contributed by atoms with van der Waals surface area (Å²) in [6.45, 7) is 2.86. The van der Waals surface area contributed by atoms with Gasteiger partial charge in [-0.1, -0.05) is 19.1 Å². The molecule has 0 saturated carbocycles. The van der Waals surface area contributed by atoms with Crippen molar-refractivity contribution in [2.24, 2.45) is 0 Å². The summed E-state index contributed by atoms with van der Waals surface area (Å²) in [6.07, 6.45) is 4.59. The number of pyridine rings is 1. The third kappa shape index (κ3) is 3.89. The summed E-state index contributed by atoms with van der Waals surface area (Å²) in [7, 11) is 2.06. The highest BCUT2D eigenvalue weighted by Gasteiger charge is 2.15. The lowest BCUT2D eigenvalue weighted by atomic mass is 10.0. The Labute approximate surface area is 125 Å². The van der Waals surface area contributed by atoms with E-state index < -0.39 is 5.97 Å². The van der Waals surface area contributed by atoms with Crippen LogP contribution in [0.3, 0.4) is 0 Å². The van der Waals surface area contributed by atoms with E-state index in [-0.39, 0.29) is 0 Å². The van der Waals surface area contributed by atoms with Crippen molar-refractivity contribution in [3.8, 4) is 0 Å². The first kappa shape index (κ1) is 15.2. The van der Waals surface area contributed by atoms with Gasteiger partial charge in [-0.2, -0.15) is 0 Å². The summed E-state index contributed by atoms with van der Waals surface area (Å²) >= 11 is 0. The molecule has 0 aliphatic carbocycles. The van der Waals surface area contributed by atoms with Crippen molar-refractivity contribution in [2.45, 2.75) is 25.9 Å². The molecule has 0 spiro atoms. The molecule has 2 aromatic rings. The van der Waals surface area contributed by atoms with Gasteiger partial charge in [0.2, 0.25) is 0 Å². The van der Waals surface area contributed by atoms with E-state index in [0.717, 1.165) is 12.0 Å². The standard InChI is InChI=1S/C17H20N2O2/c1-3-16(14-7-9-18-10-8-14)19(2)12-13-5-4-6-15(11-13)17(20)21/h4-11,16H,3,12H2,1-2H3,(H,20,21). The first-order valence-electron chi connectivity index (χ1n) is 7.04. The molecular weight excluding hydrogens is 264 g/mol. The Bertz CT molecular complexity index is 599. The number of rotatable bonds is 6. The van der Waals surface area contributed by atoms with Crippen LogP contribution in [0.2, 0.25) is 0 Å². The van der Waals surface area contributed by atoms with Crippen molar-refractivity contribution >= 4 is 5.97 Å². The van der Waals surface area contributed by atoms with Crippen LogP contribution in [0.15, 0.2) is 48.8 Å². The van der Waals surface area contributed by atoms with Crippen LogP contribution in [0.25, 0.3) is 0 Å². The highest BCUT2D eigenvalue weighted by Crippen LogP contribution is 2.24. The minimum atomic E-state index is -0.888. The van der Waals surface area contributed by atoms with Crippen LogP contribution in [0.5, 0.6) is 0 Å². The van der Waals surface area contributed by atoms with Gasteiger partial charge in [-0.05, 0) is 48.9 Å². The van der Waals surface area contributed by atoms with E-state index in [1.807, 2.05) is 18.2 Å². The minimum Gasteiger partial charge on any atom is -0.478 e. The summed E-state index contributed by atoms with van der Waals surface area (Å²) in [4.78, 5) is 17.3. The first-order valence-corrected chi connectivity index (χ1v) is 7.04. The van der Waals surface area contributed by atoms with Gasteiger partial charge in [-0.25, -0.2) is 4.79 Å². The largest absolute Gasteiger partial charge is 0.478 e. The Morgan fingerprint density at radius 2 is 2.00 bits per heavy atom. The number of hydrogen-bond donors (Lipinski definition) is 1. The topological polar surface area (TPSA) is 53.4 Å². The molecule has 2 rings (SSSR count). The van der Waals surface area contributed by atoms with Gasteiger partial charge in [0, 0.05) is 25.0 Å². The number of aromatic nitrogens is 1. The van der Waals surface area contributed by atoms with Crippen LogP contribution in [0.4, 0.5) is 0 Å². The Kier molecular flexibility index (Phi) is 5.06. The second-order valence-corrected chi connectivity index (χ2v) is 5.13. The summed E-state index contributed by atoms with van der Waals surface area (Å²) in [5, 5.41) is 9.06. The molecule has 0 aliphatic heterocycles. The Morgan fingerprint density at radius 1 is 1.29 bits per heavy atom. The molecule has 1 N–H and O–H groups in total. The lowest BCUT2D eigenvalue weighted by Gasteiger charge is -2.27. The molecule has 0 fully saturated rings. The lowest BCUT2D eigenvalue weighted by Crippen LogP contribution is -2.23. The number of benzene rings is 1. The molecule has 0 radical (unpaired) electrons. The second-order valence-electron chi connectivity index (χ2n) is 5.13. The predicted octanol–water partition coefficient (Wildman–Crippen LogP) is 3.36. The lowest BCUT2D eigenvalue weighted by molar-refractivity contribution is 0.0696. The molecule has 1 aromatic heterocycles. The van der Waals surface area contributed by atoms with E-state index in [1.54, 1.807) is 30.6 Å². The first-order chi connectivity index (χ1) is 10.1. The average Bonchev–Trinajstić information content (AvgIpc) is 2.49. The molecule has 0 amide bonds. The average molecular weight is 284 g/mol. The predicted molar refractivity (Wildman–Crippen MR) is 82.1 cm³/mol. The van der Waals surface area contributed by atoms with Gasteiger partial charge in [0.1, 0.15) is 0 Å². The van der Waals surface area contributed by atoms with Crippen LogP contribution in [0, 0.1) is 0 Å². The van der Waals surface area contributed by atoms with Gasteiger partial charge >= 0.3 is 5.97 Å². The van der Waals surface area contributed by atoms with Crippen LogP contribution in [-0.2, 0) is 6.54 Å². The van der Waals surface area contributed by atoms with E-state index in [2.05, 4.69) is 23.9 Å². The summed E-state index contributed by atoms with van der Waals surface area (Å²) in [6, 6.07) is 11.4. The molecule has 0 saturated heterocycles. The van der Waals surface area contributed by atoms with Crippen molar-refractivity contribution in [3.63, 3.8) is 0 Å². The third-order valence-corrected chi connectivity index (χ3v) is 3.62. The molecule has 1 unspecified atom stereocenters. The van der Waals surface area contributed by atoms with Crippen molar-refractivity contribution in [3.05, 3.63) is 65.5 Å². The molecule has 21 heavy (non-hydrogen) atoms. The number of aromatic carboxylic acids is 1. The molecule has 0 aliphatic rings. The minimum absolute atomic E-state index is 0.293. The fraction of sp³-hybridized carbons (Fsp3) is 0.294. The molecule has 4 nitrogen and oxygen atoms in total. The third-order valence-electron chi connectivity index (χ3n) is 3.62. The molecule has 1 heterocycles. The highest BCUT2D eigenvalue weighted by molar-refractivity contribution is 5.87. The van der Waals surface area contributed by atoms with Gasteiger partial charge in [0.05, 0.1) is 5.56 Å². The SMILES string of the molecule is CCC(c1ccncc1)N(C)Cc1cccc(C(=O)O)c1. The van der Waals surface area contributed by atoms with E-state index in [9.17, 15) is 4.79 Å². The van der Waals surface area contributed by atoms with E-state index in [0.29, 0.717) is 18.2 Å². The Morgan fingerprint density at radius 3 is 2.62 bits per heavy atom. The highest BCUT2D eigenvalue weighted by atomic mass is 16.4. The van der Waals surface area contributed by atoms with E-state index in [1.165, 1.54) is 5.56 Å². The van der Waals surface area contributed by atoms with Crippen molar-refractivity contribution in [1.29, 1.82) is 0 Å². The van der Waals surface area contributed by atoms with Crippen LogP contribution >= 0.6 is 0 Å². The van der Waals surface area contributed by atoms with Crippen molar-refractivity contribution in [1.82, 2.24) is 9.88 Å².